The number of nitrogens with one attached hydrogen (secondary N) is 1. The standard InChI is InChI=1S/C28H31N5O3/c1-5-6-7-16-35-24-12-8-22(9-13-24)28(34)31-23-10-14-25(15-11-23)36-27-17-26(29-18-30-27)33-21(4)19(2)20(3)32-33/h8-15,17-18H,5-7,16H2,1-4H3,(H,31,34). The van der Waals surface area contributed by atoms with Crippen molar-refractivity contribution in [1.29, 1.82) is 0 Å². The lowest BCUT2D eigenvalue weighted by atomic mass is 10.2. The average Bonchev–Trinajstić information content (AvgIpc) is 3.15. The van der Waals surface area contributed by atoms with Crippen molar-refractivity contribution < 1.29 is 14.3 Å². The number of aryl methyl sites for hydroxylation is 1. The van der Waals surface area contributed by atoms with Gasteiger partial charge in [-0.25, -0.2) is 14.6 Å². The molecule has 8 nitrogen and oxygen atoms in total. The summed E-state index contributed by atoms with van der Waals surface area (Å²) < 4.78 is 13.4. The van der Waals surface area contributed by atoms with Crippen LogP contribution in [-0.2, 0) is 0 Å². The number of carbonyl (C=O) groups is 1. The van der Waals surface area contributed by atoms with Crippen LogP contribution in [0.15, 0.2) is 60.9 Å². The quantitative estimate of drug-likeness (QED) is 0.269. The molecule has 0 atom stereocenters. The molecule has 0 unspecified atom stereocenters. The summed E-state index contributed by atoms with van der Waals surface area (Å²) >= 11 is 0. The Morgan fingerprint density at radius 3 is 2.33 bits per heavy atom. The molecule has 0 aliphatic rings. The van der Waals surface area contributed by atoms with E-state index in [2.05, 4.69) is 27.3 Å². The maximum absolute atomic E-state index is 12.6. The molecular weight excluding hydrogens is 454 g/mol. The summed E-state index contributed by atoms with van der Waals surface area (Å²) in [5.74, 6) is 2.20. The third kappa shape index (κ3) is 6.07. The summed E-state index contributed by atoms with van der Waals surface area (Å²) in [5.41, 5.74) is 4.32. The predicted molar refractivity (Wildman–Crippen MR) is 139 cm³/mol. The first kappa shape index (κ1) is 24.9. The molecule has 0 radical (unpaired) electrons. The fraction of sp³-hybridized carbons (Fsp3) is 0.286. The number of unbranched alkanes of at least 4 members (excludes halogenated alkanes) is 2. The molecule has 2 aromatic heterocycles. The van der Waals surface area contributed by atoms with E-state index in [0.717, 1.165) is 42.0 Å². The van der Waals surface area contributed by atoms with Gasteiger partial charge in [-0.3, -0.25) is 4.79 Å². The zero-order chi connectivity index (χ0) is 25.5. The highest BCUT2D eigenvalue weighted by Gasteiger charge is 2.12. The number of anilines is 1. The van der Waals surface area contributed by atoms with Gasteiger partial charge >= 0.3 is 0 Å². The van der Waals surface area contributed by atoms with Crippen LogP contribution in [-0.4, -0.2) is 32.3 Å². The summed E-state index contributed by atoms with van der Waals surface area (Å²) in [5, 5.41) is 7.44. The van der Waals surface area contributed by atoms with Crippen molar-refractivity contribution >= 4 is 11.6 Å². The Morgan fingerprint density at radius 1 is 0.944 bits per heavy atom. The molecule has 1 amide bonds. The van der Waals surface area contributed by atoms with E-state index >= 15 is 0 Å². The van der Waals surface area contributed by atoms with Gasteiger partial charge in [0, 0.05) is 23.0 Å². The second-order valence-electron chi connectivity index (χ2n) is 8.58. The lowest BCUT2D eigenvalue weighted by Crippen LogP contribution is -2.11. The zero-order valence-electron chi connectivity index (χ0n) is 21.1. The van der Waals surface area contributed by atoms with Crippen molar-refractivity contribution in [3.63, 3.8) is 0 Å². The molecule has 8 heteroatoms. The Hall–Kier alpha value is -4.20. The molecule has 0 fully saturated rings. The van der Waals surface area contributed by atoms with E-state index in [0.29, 0.717) is 35.3 Å². The highest BCUT2D eigenvalue weighted by atomic mass is 16.5. The summed E-state index contributed by atoms with van der Waals surface area (Å²) in [6, 6.07) is 16.0. The van der Waals surface area contributed by atoms with Crippen LogP contribution in [0.4, 0.5) is 5.69 Å². The number of ether oxygens (including phenoxy) is 2. The number of nitrogens with zero attached hydrogens (tertiary/aromatic N) is 4. The van der Waals surface area contributed by atoms with Crippen molar-refractivity contribution in [2.24, 2.45) is 0 Å². The van der Waals surface area contributed by atoms with Crippen LogP contribution in [0.25, 0.3) is 5.82 Å². The van der Waals surface area contributed by atoms with Crippen molar-refractivity contribution in [2.45, 2.75) is 47.0 Å². The first-order valence-electron chi connectivity index (χ1n) is 12.1. The molecule has 4 rings (SSSR count). The minimum Gasteiger partial charge on any atom is -0.494 e. The van der Waals surface area contributed by atoms with Gasteiger partial charge in [0.15, 0.2) is 5.82 Å². The fourth-order valence-corrected chi connectivity index (χ4v) is 3.62. The Morgan fingerprint density at radius 2 is 1.67 bits per heavy atom. The molecular formula is C28H31N5O3. The molecule has 0 aliphatic heterocycles. The van der Waals surface area contributed by atoms with Gasteiger partial charge in [0.1, 0.15) is 17.8 Å². The maximum Gasteiger partial charge on any atom is 0.255 e. The van der Waals surface area contributed by atoms with Gasteiger partial charge in [0.25, 0.3) is 5.91 Å². The molecule has 2 aromatic carbocycles. The first-order chi connectivity index (χ1) is 17.4. The third-order valence-corrected chi connectivity index (χ3v) is 5.97. The average molecular weight is 486 g/mol. The molecule has 4 aromatic rings. The van der Waals surface area contributed by atoms with Crippen LogP contribution in [0, 0.1) is 20.8 Å². The molecule has 2 heterocycles. The lowest BCUT2D eigenvalue weighted by Gasteiger charge is -2.10. The summed E-state index contributed by atoms with van der Waals surface area (Å²) in [6.45, 7) is 8.85. The van der Waals surface area contributed by atoms with Gasteiger partial charge < -0.3 is 14.8 Å². The molecule has 0 saturated carbocycles. The van der Waals surface area contributed by atoms with E-state index in [4.69, 9.17) is 9.47 Å². The normalized spacial score (nSPS) is 10.8. The van der Waals surface area contributed by atoms with Gasteiger partial charge in [-0.1, -0.05) is 19.8 Å². The Kier molecular flexibility index (Phi) is 7.95. The second-order valence-corrected chi connectivity index (χ2v) is 8.58. The lowest BCUT2D eigenvalue weighted by molar-refractivity contribution is 0.102. The number of hydrogen-bond acceptors (Lipinski definition) is 6. The zero-order valence-corrected chi connectivity index (χ0v) is 21.1. The van der Waals surface area contributed by atoms with Gasteiger partial charge in [-0.05, 0) is 81.3 Å². The van der Waals surface area contributed by atoms with Crippen LogP contribution in [0.2, 0.25) is 0 Å². The SMILES string of the molecule is CCCCCOc1ccc(C(=O)Nc2ccc(Oc3cc(-n4nc(C)c(C)c4C)ncn3)cc2)cc1. The molecule has 0 saturated heterocycles. The molecule has 0 bridgehead atoms. The number of amides is 1. The van der Waals surface area contributed by atoms with E-state index in [1.165, 1.54) is 6.33 Å². The van der Waals surface area contributed by atoms with Crippen LogP contribution in [0.5, 0.6) is 17.4 Å². The molecule has 186 valence electrons. The van der Waals surface area contributed by atoms with E-state index in [9.17, 15) is 4.79 Å². The van der Waals surface area contributed by atoms with Gasteiger partial charge in [0.2, 0.25) is 5.88 Å². The number of carbonyl (C=O) groups excluding carboxylic acids is 1. The molecule has 36 heavy (non-hydrogen) atoms. The highest BCUT2D eigenvalue weighted by molar-refractivity contribution is 6.04. The summed E-state index contributed by atoms with van der Waals surface area (Å²) in [7, 11) is 0. The maximum atomic E-state index is 12.6. The number of benzene rings is 2. The Balaban J connectivity index is 1.35. The molecule has 1 N–H and O–H groups in total. The van der Waals surface area contributed by atoms with Crippen molar-refractivity contribution in [3.05, 3.63) is 83.4 Å². The topological polar surface area (TPSA) is 91.2 Å². The minimum absolute atomic E-state index is 0.193. The third-order valence-electron chi connectivity index (χ3n) is 5.97. The van der Waals surface area contributed by atoms with E-state index in [1.807, 2.05) is 32.9 Å². The van der Waals surface area contributed by atoms with Crippen LogP contribution >= 0.6 is 0 Å². The smallest absolute Gasteiger partial charge is 0.255 e. The van der Waals surface area contributed by atoms with Crippen LogP contribution < -0.4 is 14.8 Å². The van der Waals surface area contributed by atoms with E-state index < -0.39 is 0 Å². The number of hydrogen-bond donors (Lipinski definition) is 1. The van der Waals surface area contributed by atoms with Gasteiger partial charge in [-0.2, -0.15) is 5.10 Å². The predicted octanol–water partition coefficient (Wildman–Crippen LogP) is 6.20. The van der Waals surface area contributed by atoms with Crippen molar-refractivity contribution in [2.75, 3.05) is 11.9 Å². The van der Waals surface area contributed by atoms with E-state index in [-0.39, 0.29) is 5.91 Å². The monoisotopic (exact) mass is 485 g/mol. The Bertz CT molecular complexity index is 1310. The van der Waals surface area contributed by atoms with Gasteiger partial charge in [-0.15, -0.1) is 0 Å². The summed E-state index contributed by atoms with van der Waals surface area (Å²) in [6.07, 6.45) is 4.78. The van der Waals surface area contributed by atoms with Crippen molar-refractivity contribution in [3.8, 4) is 23.2 Å². The number of aromatic nitrogens is 4. The van der Waals surface area contributed by atoms with E-state index in [1.54, 1.807) is 47.1 Å². The van der Waals surface area contributed by atoms with Crippen LogP contribution in [0.1, 0.15) is 53.5 Å². The molecule has 0 spiro atoms. The van der Waals surface area contributed by atoms with Gasteiger partial charge in [0.05, 0.1) is 12.3 Å². The number of rotatable bonds is 10. The largest absolute Gasteiger partial charge is 0.494 e. The van der Waals surface area contributed by atoms with Crippen LogP contribution in [0.3, 0.4) is 0 Å². The first-order valence-corrected chi connectivity index (χ1v) is 12.1. The fourth-order valence-electron chi connectivity index (χ4n) is 3.62. The minimum atomic E-state index is -0.193. The second kappa shape index (κ2) is 11.5. The highest BCUT2D eigenvalue weighted by Crippen LogP contribution is 2.24. The Labute approximate surface area is 211 Å². The summed E-state index contributed by atoms with van der Waals surface area (Å²) in [4.78, 5) is 21.2. The molecule has 0 aliphatic carbocycles. The van der Waals surface area contributed by atoms with Crippen molar-refractivity contribution in [1.82, 2.24) is 19.7 Å².